The van der Waals surface area contributed by atoms with E-state index in [0.29, 0.717) is 22.4 Å². The van der Waals surface area contributed by atoms with Crippen molar-refractivity contribution < 1.29 is 19.5 Å². The fraction of sp³-hybridized carbons (Fsp3) is 0.240. The average molecular weight is 429 g/mol. The number of pyridine rings is 1. The second-order valence-electron chi connectivity index (χ2n) is 8.09. The molecule has 1 aromatic heterocycles. The van der Waals surface area contributed by atoms with Gasteiger partial charge in [0, 0.05) is 18.0 Å². The molecule has 0 radical (unpaired) electrons. The first-order valence-electron chi connectivity index (χ1n) is 10.2. The SMILES string of the molecule is CC1(C)Oc2ccc(C#N)cc2C(N(OCc2ccccc2)C(=O)c2cccnc2)C1O. The molecule has 2 aromatic carbocycles. The molecule has 1 aliphatic rings. The van der Waals surface area contributed by atoms with Crippen molar-refractivity contribution in [1.29, 1.82) is 5.26 Å². The van der Waals surface area contributed by atoms with Crippen LogP contribution in [0.15, 0.2) is 73.1 Å². The highest BCUT2D eigenvalue weighted by atomic mass is 16.7. The molecule has 1 amide bonds. The quantitative estimate of drug-likeness (QED) is 0.620. The van der Waals surface area contributed by atoms with Crippen molar-refractivity contribution in [2.45, 2.75) is 38.2 Å². The maximum Gasteiger partial charge on any atom is 0.279 e. The van der Waals surface area contributed by atoms with Gasteiger partial charge >= 0.3 is 0 Å². The molecule has 3 aromatic rings. The fourth-order valence-electron chi connectivity index (χ4n) is 3.69. The summed E-state index contributed by atoms with van der Waals surface area (Å²) in [5.74, 6) is 0.0284. The van der Waals surface area contributed by atoms with Gasteiger partial charge in [0.1, 0.15) is 30.1 Å². The zero-order chi connectivity index (χ0) is 22.7. The van der Waals surface area contributed by atoms with Gasteiger partial charge in [0.05, 0.1) is 17.2 Å². The van der Waals surface area contributed by atoms with Gasteiger partial charge in [-0.05, 0) is 49.7 Å². The van der Waals surface area contributed by atoms with E-state index in [0.717, 1.165) is 5.56 Å². The number of carbonyl (C=O) groups excluding carboxylic acids is 1. The van der Waals surface area contributed by atoms with Crippen molar-refractivity contribution in [2.75, 3.05) is 0 Å². The number of fused-ring (bicyclic) bond motifs is 1. The van der Waals surface area contributed by atoms with E-state index in [1.165, 1.54) is 11.3 Å². The van der Waals surface area contributed by atoms with Crippen LogP contribution in [0.5, 0.6) is 5.75 Å². The molecule has 162 valence electrons. The predicted molar refractivity (Wildman–Crippen MR) is 116 cm³/mol. The molecule has 2 unspecified atom stereocenters. The van der Waals surface area contributed by atoms with E-state index in [2.05, 4.69) is 11.1 Å². The summed E-state index contributed by atoms with van der Waals surface area (Å²) < 4.78 is 5.99. The number of hydrogen-bond donors (Lipinski definition) is 1. The highest BCUT2D eigenvalue weighted by Gasteiger charge is 2.48. The van der Waals surface area contributed by atoms with Gasteiger partial charge in [-0.25, -0.2) is 5.06 Å². The lowest BCUT2D eigenvalue weighted by atomic mass is 9.85. The Hall–Kier alpha value is -3.73. The van der Waals surface area contributed by atoms with E-state index in [9.17, 15) is 15.2 Å². The van der Waals surface area contributed by atoms with Crippen molar-refractivity contribution in [3.8, 4) is 11.8 Å². The van der Waals surface area contributed by atoms with E-state index < -0.39 is 23.7 Å². The summed E-state index contributed by atoms with van der Waals surface area (Å²) in [4.78, 5) is 23.6. The summed E-state index contributed by atoms with van der Waals surface area (Å²) in [7, 11) is 0. The van der Waals surface area contributed by atoms with Gasteiger partial charge in [0.15, 0.2) is 0 Å². The van der Waals surface area contributed by atoms with Crippen LogP contribution in [0.25, 0.3) is 0 Å². The van der Waals surface area contributed by atoms with Crippen LogP contribution in [0.3, 0.4) is 0 Å². The Balaban J connectivity index is 1.80. The first-order valence-corrected chi connectivity index (χ1v) is 10.2. The van der Waals surface area contributed by atoms with Crippen LogP contribution in [0, 0.1) is 11.3 Å². The third kappa shape index (κ3) is 4.19. The number of amides is 1. The maximum atomic E-state index is 13.5. The molecule has 4 rings (SSSR count). The Morgan fingerprint density at radius 2 is 2.00 bits per heavy atom. The second-order valence-corrected chi connectivity index (χ2v) is 8.09. The van der Waals surface area contributed by atoms with Crippen molar-refractivity contribution in [1.82, 2.24) is 10.0 Å². The van der Waals surface area contributed by atoms with Crippen molar-refractivity contribution in [3.05, 3.63) is 95.3 Å². The molecule has 1 N–H and O–H groups in total. The van der Waals surface area contributed by atoms with E-state index >= 15 is 0 Å². The van der Waals surface area contributed by atoms with Crippen LogP contribution in [0.1, 0.15) is 46.9 Å². The number of aromatic nitrogens is 1. The zero-order valence-electron chi connectivity index (χ0n) is 17.8. The lowest BCUT2D eigenvalue weighted by Gasteiger charge is -2.45. The smallest absolute Gasteiger partial charge is 0.279 e. The molecule has 0 aliphatic carbocycles. The van der Waals surface area contributed by atoms with Gasteiger partial charge in [-0.3, -0.25) is 14.6 Å². The fourth-order valence-corrected chi connectivity index (χ4v) is 3.69. The Morgan fingerprint density at radius 3 is 2.69 bits per heavy atom. The van der Waals surface area contributed by atoms with E-state index in [-0.39, 0.29) is 6.61 Å². The van der Waals surface area contributed by atoms with Gasteiger partial charge in [-0.1, -0.05) is 30.3 Å². The van der Waals surface area contributed by atoms with E-state index in [1.807, 2.05) is 30.3 Å². The highest BCUT2D eigenvalue weighted by molar-refractivity contribution is 5.93. The molecule has 7 heteroatoms. The Labute approximate surface area is 186 Å². The summed E-state index contributed by atoms with van der Waals surface area (Å²) in [5, 5.41) is 21.9. The Bertz CT molecular complexity index is 1140. The van der Waals surface area contributed by atoms with Crippen molar-refractivity contribution in [3.63, 3.8) is 0 Å². The number of nitriles is 1. The van der Waals surface area contributed by atoms with E-state index in [4.69, 9.17) is 9.57 Å². The zero-order valence-corrected chi connectivity index (χ0v) is 17.8. The topological polar surface area (TPSA) is 95.7 Å². The largest absolute Gasteiger partial charge is 0.485 e. The maximum absolute atomic E-state index is 13.5. The van der Waals surface area contributed by atoms with Crippen LogP contribution < -0.4 is 4.74 Å². The average Bonchev–Trinajstić information content (AvgIpc) is 2.82. The Kier molecular flexibility index (Phi) is 5.91. The highest BCUT2D eigenvalue weighted by Crippen LogP contribution is 2.44. The summed E-state index contributed by atoms with van der Waals surface area (Å²) in [6.45, 7) is 3.61. The number of carbonyl (C=O) groups is 1. The lowest BCUT2D eigenvalue weighted by molar-refractivity contribution is -0.206. The number of hydrogen-bond acceptors (Lipinski definition) is 6. The minimum Gasteiger partial charge on any atom is -0.485 e. The number of aliphatic hydroxyl groups excluding tert-OH is 1. The van der Waals surface area contributed by atoms with Crippen LogP contribution >= 0.6 is 0 Å². The number of hydroxylamine groups is 2. The van der Waals surface area contributed by atoms with Crippen LogP contribution in [0.4, 0.5) is 0 Å². The summed E-state index contributed by atoms with van der Waals surface area (Å²) in [5.41, 5.74) is 1.07. The Morgan fingerprint density at radius 1 is 1.22 bits per heavy atom. The first-order chi connectivity index (χ1) is 15.4. The molecule has 1 aliphatic heterocycles. The van der Waals surface area contributed by atoms with Gasteiger partial charge in [0.2, 0.25) is 0 Å². The third-order valence-electron chi connectivity index (χ3n) is 5.42. The van der Waals surface area contributed by atoms with Crippen molar-refractivity contribution >= 4 is 5.91 Å². The summed E-state index contributed by atoms with van der Waals surface area (Å²) >= 11 is 0. The minimum atomic E-state index is -1.12. The van der Waals surface area contributed by atoms with Gasteiger partial charge in [-0.2, -0.15) is 5.26 Å². The molecule has 7 nitrogen and oxygen atoms in total. The normalized spacial score (nSPS) is 18.7. The number of rotatable bonds is 5. The lowest BCUT2D eigenvalue weighted by Crippen LogP contribution is -2.54. The third-order valence-corrected chi connectivity index (χ3v) is 5.42. The molecule has 0 saturated carbocycles. The molecular formula is C25H23N3O4. The van der Waals surface area contributed by atoms with Crippen LogP contribution in [-0.2, 0) is 11.4 Å². The number of ether oxygens (including phenoxy) is 1. The summed E-state index contributed by atoms with van der Waals surface area (Å²) in [6.07, 6.45) is 1.90. The van der Waals surface area contributed by atoms with Gasteiger partial charge in [0.25, 0.3) is 5.91 Å². The first kappa shape index (κ1) is 21.5. The van der Waals surface area contributed by atoms with Gasteiger partial charge < -0.3 is 9.84 Å². The summed E-state index contributed by atoms with van der Waals surface area (Å²) in [6, 6.07) is 18.9. The molecule has 2 atom stereocenters. The monoisotopic (exact) mass is 429 g/mol. The molecule has 32 heavy (non-hydrogen) atoms. The minimum absolute atomic E-state index is 0.116. The molecular weight excluding hydrogens is 406 g/mol. The second kappa shape index (κ2) is 8.79. The molecule has 0 fully saturated rings. The molecule has 0 spiro atoms. The van der Waals surface area contributed by atoms with Gasteiger partial charge in [-0.15, -0.1) is 0 Å². The van der Waals surface area contributed by atoms with Crippen LogP contribution in [-0.4, -0.2) is 32.8 Å². The predicted octanol–water partition coefficient (Wildman–Crippen LogP) is 3.80. The van der Waals surface area contributed by atoms with E-state index in [1.54, 1.807) is 50.4 Å². The number of nitrogens with zero attached hydrogens (tertiary/aromatic N) is 3. The molecule has 2 heterocycles. The van der Waals surface area contributed by atoms with Crippen LogP contribution in [0.2, 0.25) is 0 Å². The molecule has 0 saturated heterocycles. The number of aliphatic hydroxyl groups is 1. The molecule has 0 bridgehead atoms. The number of benzene rings is 2. The standard InChI is InChI=1S/C25H23N3O4/c1-25(2)23(29)22(20-13-18(14-26)10-11-21(20)32-25)28(24(30)19-9-6-12-27-15-19)31-16-17-7-4-3-5-8-17/h3-13,15,22-23,29H,16H2,1-2H3. The van der Waals surface area contributed by atoms with Crippen molar-refractivity contribution in [2.24, 2.45) is 0 Å².